The summed E-state index contributed by atoms with van der Waals surface area (Å²) in [5.41, 5.74) is 5.72. The highest BCUT2D eigenvalue weighted by Crippen LogP contribution is 2.37. The Labute approximate surface area is 154 Å². The predicted molar refractivity (Wildman–Crippen MR) is 96.3 cm³/mol. The second-order valence-corrected chi connectivity index (χ2v) is 7.07. The fourth-order valence-electron chi connectivity index (χ4n) is 3.28. The highest BCUT2D eigenvalue weighted by atomic mass is 35.5. The Morgan fingerprint density at radius 1 is 1.31 bits per heavy atom. The SMILES string of the molecule is CC(C)c1nc(-c2ncn3c2Cc2cn[nH]c2-c2cc(Cl)ccc2-3)no1. The molecule has 26 heavy (non-hydrogen) atoms. The number of H-pyrrole nitrogens is 1. The Hall–Kier alpha value is -2.93. The number of nitrogens with one attached hydrogen (secondary N) is 1. The first kappa shape index (κ1) is 15.3. The van der Waals surface area contributed by atoms with Crippen molar-refractivity contribution >= 4 is 11.6 Å². The van der Waals surface area contributed by atoms with E-state index < -0.39 is 0 Å². The zero-order chi connectivity index (χ0) is 17.8. The molecule has 0 saturated heterocycles. The summed E-state index contributed by atoms with van der Waals surface area (Å²) in [5, 5.41) is 12.1. The summed E-state index contributed by atoms with van der Waals surface area (Å²) in [4.78, 5) is 9.08. The lowest BCUT2D eigenvalue weighted by Crippen LogP contribution is -2.00. The van der Waals surface area contributed by atoms with E-state index in [-0.39, 0.29) is 5.92 Å². The van der Waals surface area contributed by atoms with E-state index in [9.17, 15) is 0 Å². The van der Waals surface area contributed by atoms with Gasteiger partial charge in [0.2, 0.25) is 11.7 Å². The third-order valence-electron chi connectivity index (χ3n) is 4.58. The third-order valence-corrected chi connectivity index (χ3v) is 4.81. The first-order valence-electron chi connectivity index (χ1n) is 8.34. The molecule has 0 fully saturated rings. The second kappa shape index (κ2) is 5.54. The number of imidazole rings is 1. The standard InChI is InChI=1S/C18H15ClN6O/c1-9(2)18-22-17(24-26-18)16-14-5-10-7-21-23-15(10)12-6-11(19)3-4-13(12)25(14)8-20-16/h3-4,6-9H,5H2,1-2H3,(H,21,23). The molecule has 0 spiro atoms. The van der Waals surface area contributed by atoms with Crippen LogP contribution >= 0.6 is 11.6 Å². The smallest absolute Gasteiger partial charge is 0.229 e. The zero-order valence-corrected chi connectivity index (χ0v) is 14.9. The van der Waals surface area contributed by atoms with Crippen molar-refractivity contribution in [2.45, 2.75) is 26.2 Å². The van der Waals surface area contributed by atoms with Crippen LogP contribution in [-0.2, 0) is 6.42 Å². The minimum atomic E-state index is 0.167. The van der Waals surface area contributed by atoms with E-state index in [1.54, 1.807) is 6.33 Å². The molecule has 0 radical (unpaired) electrons. The number of hydrogen-bond acceptors (Lipinski definition) is 5. The van der Waals surface area contributed by atoms with Gasteiger partial charge in [0.05, 0.1) is 23.3 Å². The number of halogens is 1. The lowest BCUT2D eigenvalue weighted by molar-refractivity contribution is 0.365. The first-order chi connectivity index (χ1) is 12.6. The van der Waals surface area contributed by atoms with Crippen molar-refractivity contribution in [3.8, 4) is 28.5 Å². The van der Waals surface area contributed by atoms with Crippen LogP contribution in [0.2, 0.25) is 5.02 Å². The van der Waals surface area contributed by atoms with Crippen molar-refractivity contribution < 1.29 is 4.52 Å². The van der Waals surface area contributed by atoms with Crippen molar-refractivity contribution in [3.05, 3.63) is 52.9 Å². The van der Waals surface area contributed by atoms with Gasteiger partial charge in [-0.25, -0.2) is 4.98 Å². The van der Waals surface area contributed by atoms with E-state index >= 15 is 0 Å². The van der Waals surface area contributed by atoms with E-state index in [0.717, 1.165) is 33.9 Å². The van der Waals surface area contributed by atoms with E-state index in [2.05, 4.69) is 29.9 Å². The summed E-state index contributed by atoms with van der Waals surface area (Å²) in [5.74, 6) is 1.28. The van der Waals surface area contributed by atoms with Crippen molar-refractivity contribution in [2.75, 3.05) is 0 Å². The van der Waals surface area contributed by atoms with Crippen LogP contribution in [0.1, 0.15) is 36.9 Å². The van der Waals surface area contributed by atoms with E-state index in [1.165, 1.54) is 0 Å². The molecule has 0 atom stereocenters. The molecule has 5 rings (SSSR count). The minimum absolute atomic E-state index is 0.167. The Bertz CT molecular complexity index is 1120. The lowest BCUT2D eigenvalue weighted by Gasteiger charge is -2.09. The van der Waals surface area contributed by atoms with E-state index in [0.29, 0.717) is 23.2 Å². The molecule has 4 heterocycles. The highest BCUT2D eigenvalue weighted by Gasteiger charge is 2.26. The molecule has 1 aliphatic rings. The van der Waals surface area contributed by atoms with Gasteiger partial charge in [0, 0.05) is 28.5 Å². The molecule has 0 amide bonds. The summed E-state index contributed by atoms with van der Waals surface area (Å²) in [6.45, 7) is 4.03. The molecule has 1 aliphatic heterocycles. The molecule has 0 unspecified atom stereocenters. The van der Waals surface area contributed by atoms with Crippen LogP contribution in [0.5, 0.6) is 0 Å². The van der Waals surface area contributed by atoms with Crippen LogP contribution in [0.3, 0.4) is 0 Å². The van der Waals surface area contributed by atoms with Gasteiger partial charge in [0.1, 0.15) is 12.0 Å². The summed E-state index contributed by atoms with van der Waals surface area (Å²) in [6, 6.07) is 5.79. The summed E-state index contributed by atoms with van der Waals surface area (Å²) in [7, 11) is 0. The Morgan fingerprint density at radius 2 is 2.19 bits per heavy atom. The zero-order valence-electron chi connectivity index (χ0n) is 14.2. The molecule has 0 bridgehead atoms. The van der Waals surface area contributed by atoms with Gasteiger partial charge in [-0.1, -0.05) is 30.6 Å². The molecule has 1 aromatic carbocycles. The predicted octanol–water partition coefficient (Wildman–Crippen LogP) is 3.99. The molecular weight excluding hydrogens is 352 g/mol. The highest BCUT2D eigenvalue weighted by molar-refractivity contribution is 6.31. The number of aromatic amines is 1. The third kappa shape index (κ3) is 2.20. The Kier molecular flexibility index (Phi) is 3.27. The Morgan fingerprint density at radius 3 is 3.00 bits per heavy atom. The van der Waals surface area contributed by atoms with Crippen molar-refractivity contribution in [3.63, 3.8) is 0 Å². The molecule has 130 valence electrons. The first-order valence-corrected chi connectivity index (χ1v) is 8.72. The lowest BCUT2D eigenvalue weighted by atomic mass is 10.0. The van der Waals surface area contributed by atoms with E-state index in [1.807, 2.05) is 38.2 Å². The van der Waals surface area contributed by atoms with Crippen molar-refractivity contribution in [2.24, 2.45) is 0 Å². The monoisotopic (exact) mass is 366 g/mol. The number of nitrogens with zero attached hydrogens (tertiary/aromatic N) is 5. The number of aromatic nitrogens is 6. The van der Waals surface area contributed by atoms with Crippen molar-refractivity contribution in [1.29, 1.82) is 0 Å². The van der Waals surface area contributed by atoms with Gasteiger partial charge in [-0.05, 0) is 18.2 Å². The maximum Gasteiger partial charge on any atom is 0.229 e. The van der Waals surface area contributed by atoms with Gasteiger partial charge in [-0.15, -0.1) is 0 Å². The molecule has 0 aliphatic carbocycles. The number of rotatable bonds is 2. The van der Waals surface area contributed by atoms with Gasteiger partial charge < -0.3 is 9.09 Å². The number of hydrogen-bond donors (Lipinski definition) is 1. The Balaban J connectivity index is 1.74. The maximum atomic E-state index is 6.23. The molecular formula is C18H15ClN6O. The maximum absolute atomic E-state index is 6.23. The average molecular weight is 367 g/mol. The topological polar surface area (TPSA) is 85.4 Å². The van der Waals surface area contributed by atoms with Crippen LogP contribution < -0.4 is 0 Å². The molecule has 4 aromatic rings. The molecule has 8 heteroatoms. The van der Waals surface area contributed by atoms with Crippen LogP contribution in [0, 0.1) is 0 Å². The molecule has 1 N–H and O–H groups in total. The van der Waals surface area contributed by atoms with Crippen LogP contribution in [0.15, 0.2) is 35.2 Å². The largest absolute Gasteiger partial charge is 0.339 e. The van der Waals surface area contributed by atoms with Gasteiger partial charge in [-0.2, -0.15) is 10.1 Å². The second-order valence-electron chi connectivity index (χ2n) is 6.63. The molecule has 3 aromatic heterocycles. The fraction of sp³-hybridized carbons (Fsp3) is 0.222. The number of fused-ring (bicyclic) bond motifs is 5. The average Bonchev–Trinajstić information content (AvgIpc) is 3.33. The summed E-state index contributed by atoms with van der Waals surface area (Å²) in [6.07, 6.45) is 4.28. The summed E-state index contributed by atoms with van der Waals surface area (Å²) >= 11 is 6.23. The van der Waals surface area contributed by atoms with Crippen LogP contribution in [0.4, 0.5) is 0 Å². The van der Waals surface area contributed by atoms with Gasteiger partial charge in [0.15, 0.2) is 0 Å². The van der Waals surface area contributed by atoms with Gasteiger partial charge in [-0.3, -0.25) is 5.10 Å². The van der Waals surface area contributed by atoms with Gasteiger partial charge >= 0.3 is 0 Å². The van der Waals surface area contributed by atoms with E-state index in [4.69, 9.17) is 16.1 Å². The quantitative estimate of drug-likeness (QED) is 0.510. The van der Waals surface area contributed by atoms with Crippen LogP contribution in [0.25, 0.3) is 28.5 Å². The minimum Gasteiger partial charge on any atom is -0.339 e. The molecule has 0 saturated carbocycles. The number of benzene rings is 1. The van der Waals surface area contributed by atoms with Crippen LogP contribution in [-0.4, -0.2) is 29.9 Å². The van der Waals surface area contributed by atoms with Gasteiger partial charge in [0.25, 0.3) is 0 Å². The summed E-state index contributed by atoms with van der Waals surface area (Å²) < 4.78 is 7.42. The normalized spacial score (nSPS) is 12.6. The fourth-order valence-corrected chi connectivity index (χ4v) is 3.45. The van der Waals surface area contributed by atoms with Crippen molar-refractivity contribution in [1.82, 2.24) is 29.9 Å². The molecule has 7 nitrogen and oxygen atoms in total.